The smallest absolute Gasteiger partial charge is 0.328 e. The van der Waals surface area contributed by atoms with Crippen LogP contribution in [0.1, 0.15) is 20.8 Å². The van der Waals surface area contributed by atoms with Gasteiger partial charge in [-0.15, -0.1) is 0 Å². The van der Waals surface area contributed by atoms with E-state index in [1.54, 1.807) is 0 Å². The highest BCUT2D eigenvalue weighted by molar-refractivity contribution is 5.82. The number of carbonyl (C=O) groups is 3. The molecule has 1 aliphatic rings. The van der Waals surface area contributed by atoms with Gasteiger partial charge in [-0.05, 0) is 6.92 Å². The highest BCUT2D eigenvalue weighted by Crippen LogP contribution is 2.23. The Kier molecular flexibility index (Phi) is 7.70. The summed E-state index contributed by atoms with van der Waals surface area (Å²) in [5.41, 5.74) is 0. The third kappa shape index (κ3) is 5.61. The Morgan fingerprint density at radius 3 is 2.20 bits per heavy atom. The van der Waals surface area contributed by atoms with Gasteiger partial charge in [-0.3, -0.25) is 9.59 Å². The lowest BCUT2D eigenvalue weighted by molar-refractivity contribution is -0.282. The number of carboxylic acid groups (broad SMARTS) is 1. The molecule has 11 nitrogen and oxygen atoms in total. The number of aliphatic hydroxyl groups excluding tert-OH is 3. The van der Waals surface area contributed by atoms with Crippen LogP contribution in [0.3, 0.4) is 0 Å². The molecule has 7 atom stereocenters. The first-order chi connectivity index (χ1) is 11.6. The molecule has 0 saturated carbocycles. The van der Waals surface area contributed by atoms with Gasteiger partial charge in [-0.25, -0.2) is 4.79 Å². The second-order valence-electron chi connectivity index (χ2n) is 5.79. The van der Waals surface area contributed by atoms with Crippen molar-refractivity contribution < 1.29 is 44.3 Å². The van der Waals surface area contributed by atoms with Crippen molar-refractivity contribution in [1.29, 1.82) is 0 Å². The SMILES string of the molecule is CC(=O)N[C@H]1[C@@H](O[C@H](C)[C@H](NC(C)=O)C(=O)O)O[C@H](CO)[C@H](O)[C@@H]1O. The predicted octanol–water partition coefficient (Wildman–Crippen LogP) is -3.08. The van der Waals surface area contributed by atoms with Crippen molar-refractivity contribution in [2.75, 3.05) is 6.61 Å². The molecule has 0 bridgehead atoms. The first-order valence-corrected chi connectivity index (χ1v) is 7.63. The third-order valence-electron chi connectivity index (χ3n) is 3.69. The molecule has 0 aliphatic carbocycles. The minimum Gasteiger partial charge on any atom is -0.480 e. The highest BCUT2D eigenvalue weighted by Gasteiger charge is 2.46. The maximum absolute atomic E-state index is 11.3. The van der Waals surface area contributed by atoms with Crippen LogP contribution in [0.15, 0.2) is 0 Å². The number of hydrogen-bond acceptors (Lipinski definition) is 8. The van der Waals surface area contributed by atoms with E-state index >= 15 is 0 Å². The summed E-state index contributed by atoms with van der Waals surface area (Å²) in [5, 5.41) is 43.0. The fourth-order valence-corrected chi connectivity index (χ4v) is 2.48. The Morgan fingerprint density at radius 1 is 1.16 bits per heavy atom. The molecule has 1 saturated heterocycles. The van der Waals surface area contributed by atoms with Gasteiger partial charge in [-0.1, -0.05) is 0 Å². The number of amides is 2. The van der Waals surface area contributed by atoms with Crippen LogP contribution in [0, 0.1) is 0 Å². The number of rotatable bonds is 7. The molecular weight excluding hydrogens is 340 g/mol. The number of ether oxygens (including phenoxy) is 2. The van der Waals surface area contributed by atoms with Crippen LogP contribution in [0.5, 0.6) is 0 Å². The van der Waals surface area contributed by atoms with Gasteiger partial charge in [0.05, 0.1) is 12.7 Å². The van der Waals surface area contributed by atoms with Gasteiger partial charge >= 0.3 is 5.97 Å². The molecule has 1 heterocycles. The van der Waals surface area contributed by atoms with Crippen LogP contribution in [-0.2, 0) is 23.9 Å². The second-order valence-corrected chi connectivity index (χ2v) is 5.79. The molecule has 0 radical (unpaired) electrons. The molecule has 1 rings (SSSR count). The van der Waals surface area contributed by atoms with Crippen LogP contribution < -0.4 is 10.6 Å². The Morgan fingerprint density at radius 2 is 1.76 bits per heavy atom. The minimum absolute atomic E-state index is 0.541. The summed E-state index contributed by atoms with van der Waals surface area (Å²) in [4.78, 5) is 33.7. The molecule has 0 unspecified atom stereocenters. The van der Waals surface area contributed by atoms with Crippen LogP contribution in [0.4, 0.5) is 0 Å². The van der Waals surface area contributed by atoms with E-state index < -0.39 is 67.2 Å². The summed E-state index contributed by atoms with van der Waals surface area (Å²) in [6.07, 6.45) is -6.66. The van der Waals surface area contributed by atoms with E-state index in [1.807, 2.05) is 0 Å². The third-order valence-corrected chi connectivity index (χ3v) is 3.69. The second kappa shape index (κ2) is 9.06. The fourth-order valence-electron chi connectivity index (χ4n) is 2.48. The largest absolute Gasteiger partial charge is 0.480 e. The lowest BCUT2D eigenvalue weighted by Crippen LogP contribution is -2.65. The molecule has 0 aromatic rings. The lowest BCUT2D eigenvalue weighted by Gasteiger charge is -2.43. The van der Waals surface area contributed by atoms with Gasteiger partial charge in [0.1, 0.15) is 24.4 Å². The number of aliphatic carboxylic acids is 1. The van der Waals surface area contributed by atoms with E-state index in [1.165, 1.54) is 13.8 Å². The average Bonchev–Trinajstić information content (AvgIpc) is 2.51. The van der Waals surface area contributed by atoms with Crippen molar-refractivity contribution in [3.63, 3.8) is 0 Å². The molecule has 0 aromatic carbocycles. The molecule has 11 heteroatoms. The Bertz CT molecular complexity index is 501. The molecule has 25 heavy (non-hydrogen) atoms. The Labute approximate surface area is 143 Å². The molecule has 6 N–H and O–H groups in total. The summed E-state index contributed by atoms with van der Waals surface area (Å²) < 4.78 is 10.8. The monoisotopic (exact) mass is 364 g/mol. The van der Waals surface area contributed by atoms with Crippen molar-refractivity contribution in [3.8, 4) is 0 Å². The number of hydrogen-bond donors (Lipinski definition) is 6. The summed E-state index contributed by atoms with van der Waals surface area (Å²) in [7, 11) is 0. The summed E-state index contributed by atoms with van der Waals surface area (Å²) >= 11 is 0. The van der Waals surface area contributed by atoms with Crippen molar-refractivity contribution >= 4 is 17.8 Å². The number of nitrogens with one attached hydrogen (secondary N) is 2. The first kappa shape index (κ1) is 21.3. The van der Waals surface area contributed by atoms with Crippen LogP contribution >= 0.6 is 0 Å². The Balaban J connectivity index is 2.97. The number of carbonyl (C=O) groups excluding carboxylic acids is 2. The number of aliphatic hydroxyl groups is 3. The van der Waals surface area contributed by atoms with Gasteiger partial charge in [0, 0.05) is 13.8 Å². The topological polar surface area (TPSA) is 175 Å². The van der Waals surface area contributed by atoms with E-state index in [0.717, 1.165) is 6.92 Å². The van der Waals surface area contributed by atoms with E-state index in [0.29, 0.717) is 0 Å². The van der Waals surface area contributed by atoms with Gasteiger partial charge in [0.25, 0.3) is 0 Å². The zero-order chi connectivity index (χ0) is 19.3. The molecular formula is C14H24N2O9. The summed E-state index contributed by atoms with van der Waals surface area (Å²) in [6.45, 7) is 3.04. The van der Waals surface area contributed by atoms with Crippen molar-refractivity contribution in [1.82, 2.24) is 10.6 Å². The predicted molar refractivity (Wildman–Crippen MR) is 81.2 cm³/mol. The van der Waals surface area contributed by atoms with Crippen molar-refractivity contribution in [3.05, 3.63) is 0 Å². The van der Waals surface area contributed by atoms with Gasteiger partial charge in [0.15, 0.2) is 12.3 Å². The minimum atomic E-state index is -1.52. The van der Waals surface area contributed by atoms with Crippen LogP contribution in [-0.4, -0.2) is 87.6 Å². The van der Waals surface area contributed by atoms with Crippen LogP contribution in [0.2, 0.25) is 0 Å². The molecule has 2 amide bonds. The highest BCUT2D eigenvalue weighted by atomic mass is 16.7. The van der Waals surface area contributed by atoms with E-state index in [9.17, 15) is 34.8 Å². The maximum atomic E-state index is 11.3. The van der Waals surface area contributed by atoms with Gasteiger partial charge in [0.2, 0.25) is 11.8 Å². The molecule has 0 spiro atoms. The van der Waals surface area contributed by atoms with Crippen LogP contribution in [0.25, 0.3) is 0 Å². The maximum Gasteiger partial charge on any atom is 0.328 e. The van der Waals surface area contributed by atoms with E-state index in [2.05, 4.69) is 10.6 Å². The standard InChI is InChI=1S/C14H24N2O9/c1-5(9(13(22)23)15-6(2)18)24-14-10(16-7(3)19)12(21)11(20)8(4-17)25-14/h5,8-12,14,17,20-21H,4H2,1-3H3,(H,15,18)(H,16,19)(H,22,23)/t5-,8-,9+,10-,11+,12-,14+/m1/s1. The van der Waals surface area contributed by atoms with Gasteiger partial charge in [-0.2, -0.15) is 0 Å². The zero-order valence-electron chi connectivity index (χ0n) is 14.1. The normalized spacial score (nSPS) is 31.7. The number of carboxylic acids is 1. The van der Waals surface area contributed by atoms with Crippen molar-refractivity contribution in [2.24, 2.45) is 0 Å². The average molecular weight is 364 g/mol. The molecule has 144 valence electrons. The van der Waals surface area contributed by atoms with Gasteiger partial charge < -0.3 is 40.5 Å². The van der Waals surface area contributed by atoms with E-state index in [4.69, 9.17) is 9.47 Å². The fraction of sp³-hybridized carbons (Fsp3) is 0.786. The van der Waals surface area contributed by atoms with E-state index in [-0.39, 0.29) is 0 Å². The molecule has 1 fully saturated rings. The Hall–Kier alpha value is -1.79. The molecule has 0 aromatic heterocycles. The van der Waals surface area contributed by atoms with Crippen molar-refractivity contribution in [2.45, 2.75) is 63.6 Å². The summed E-state index contributed by atoms with van der Waals surface area (Å²) in [5.74, 6) is -2.48. The lowest BCUT2D eigenvalue weighted by atomic mass is 9.96. The summed E-state index contributed by atoms with van der Waals surface area (Å²) in [6, 6.07) is -2.61. The quantitative estimate of drug-likeness (QED) is 0.274. The first-order valence-electron chi connectivity index (χ1n) is 7.63. The molecule has 1 aliphatic heterocycles. The zero-order valence-corrected chi connectivity index (χ0v) is 14.1.